The topological polar surface area (TPSA) is 109 Å². The highest BCUT2D eigenvalue weighted by molar-refractivity contribution is 5.91. The van der Waals surface area contributed by atoms with Crippen LogP contribution in [0.15, 0.2) is 36.5 Å². The summed E-state index contributed by atoms with van der Waals surface area (Å²) in [6.07, 6.45) is 1.22. The zero-order valence-electron chi connectivity index (χ0n) is 9.70. The number of hydrogen-bond acceptors (Lipinski definition) is 5. The molecule has 0 fully saturated rings. The van der Waals surface area contributed by atoms with Crippen molar-refractivity contribution < 1.29 is 14.6 Å². The predicted octanol–water partition coefficient (Wildman–Crippen LogP) is 2.03. The van der Waals surface area contributed by atoms with Gasteiger partial charge in [0.25, 0.3) is 0 Å². The number of nitrogens with zero attached hydrogens (tertiary/aromatic N) is 2. The highest BCUT2D eigenvalue weighted by Gasteiger charge is 2.14. The Kier molecular flexibility index (Phi) is 3.30. The van der Waals surface area contributed by atoms with Crippen molar-refractivity contribution >= 4 is 11.8 Å². The number of hydrogen-bond donors (Lipinski definition) is 2. The van der Waals surface area contributed by atoms with Gasteiger partial charge in [0.15, 0.2) is 5.75 Å². The molecule has 1 heterocycles. The first-order valence-electron chi connectivity index (χ1n) is 5.27. The molecule has 0 aliphatic carbocycles. The fraction of sp³-hybridized carbons (Fsp3) is 0. The summed E-state index contributed by atoms with van der Waals surface area (Å²) in [6, 6.07) is 9.67. The van der Waals surface area contributed by atoms with E-state index in [0.717, 1.165) is 0 Å². The predicted molar refractivity (Wildman–Crippen MR) is 66.8 cm³/mol. The van der Waals surface area contributed by atoms with Crippen LogP contribution < -0.4 is 10.5 Å². The Morgan fingerprint density at radius 2 is 2.11 bits per heavy atom. The maximum atomic E-state index is 11.1. The first kappa shape index (κ1) is 12.4. The SMILES string of the molecule is N#Cc1ccccc1Oc1cnc(N)cc1C(=O)O. The lowest BCUT2D eigenvalue weighted by atomic mass is 10.2. The number of aromatic carboxylic acids is 1. The molecule has 0 aliphatic heterocycles. The van der Waals surface area contributed by atoms with Crippen LogP contribution in [0.2, 0.25) is 0 Å². The van der Waals surface area contributed by atoms with Crippen LogP contribution in [0.4, 0.5) is 5.82 Å². The summed E-state index contributed by atoms with van der Waals surface area (Å²) in [5.74, 6) is -0.805. The molecule has 0 saturated carbocycles. The van der Waals surface area contributed by atoms with Gasteiger partial charge in [0.05, 0.1) is 11.8 Å². The molecule has 3 N–H and O–H groups in total. The number of carbonyl (C=O) groups is 1. The molecule has 0 radical (unpaired) electrons. The van der Waals surface area contributed by atoms with E-state index in [1.165, 1.54) is 12.3 Å². The van der Waals surface area contributed by atoms with Crippen molar-refractivity contribution in [3.8, 4) is 17.6 Å². The van der Waals surface area contributed by atoms with Crippen molar-refractivity contribution in [2.24, 2.45) is 0 Å². The minimum Gasteiger partial charge on any atom is -0.478 e. The Morgan fingerprint density at radius 3 is 2.79 bits per heavy atom. The fourth-order valence-electron chi connectivity index (χ4n) is 1.47. The van der Waals surface area contributed by atoms with Gasteiger partial charge in [-0.2, -0.15) is 5.26 Å². The first-order chi connectivity index (χ1) is 9.11. The number of para-hydroxylation sites is 1. The third-order valence-electron chi connectivity index (χ3n) is 2.35. The summed E-state index contributed by atoms with van der Waals surface area (Å²) in [5, 5.41) is 18.0. The molecule has 94 valence electrons. The largest absolute Gasteiger partial charge is 0.478 e. The summed E-state index contributed by atoms with van der Waals surface area (Å²) >= 11 is 0. The first-order valence-corrected chi connectivity index (χ1v) is 5.27. The second kappa shape index (κ2) is 5.06. The molecule has 1 aromatic carbocycles. The molecule has 0 amide bonds. The normalized spacial score (nSPS) is 9.63. The Hall–Kier alpha value is -3.07. The Labute approximate surface area is 108 Å². The molecule has 0 atom stereocenters. The monoisotopic (exact) mass is 255 g/mol. The van der Waals surface area contributed by atoms with Crippen LogP contribution in [0.1, 0.15) is 15.9 Å². The zero-order chi connectivity index (χ0) is 13.8. The van der Waals surface area contributed by atoms with Crippen LogP contribution in [0.25, 0.3) is 0 Å². The van der Waals surface area contributed by atoms with E-state index >= 15 is 0 Å². The van der Waals surface area contributed by atoms with Gasteiger partial charge in [-0.25, -0.2) is 9.78 Å². The van der Waals surface area contributed by atoms with Crippen molar-refractivity contribution in [3.05, 3.63) is 47.7 Å². The molecule has 0 saturated heterocycles. The van der Waals surface area contributed by atoms with E-state index in [1.807, 2.05) is 6.07 Å². The smallest absolute Gasteiger partial charge is 0.339 e. The fourth-order valence-corrected chi connectivity index (χ4v) is 1.47. The lowest BCUT2D eigenvalue weighted by Gasteiger charge is -2.09. The molecule has 0 bridgehead atoms. The van der Waals surface area contributed by atoms with E-state index in [2.05, 4.69) is 4.98 Å². The number of carboxylic acid groups (broad SMARTS) is 1. The van der Waals surface area contributed by atoms with Gasteiger partial charge in [-0.3, -0.25) is 0 Å². The number of aromatic nitrogens is 1. The molecule has 0 spiro atoms. The number of nitrogens with two attached hydrogens (primary N) is 1. The van der Waals surface area contributed by atoms with Gasteiger partial charge in [-0.1, -0.05) is 12.1 Å². The molecule has 1 aromatic heterocycles. The number of carboxylic acids is 1. The number of benzene rings is 1. The number of rotatable bonds is 3. The molecule has 6 nitrogen and oxygen atoms in total. The average Bonchev–Trinajstić information content (AvgIpc) is 2.41. The van der Waals surface area contributed by atoms with Gasteiger partial charge >= 0.3 is 5.97 Å². The van der Waals surface area contributed by atoms with Crippen molar-refractivity contribution in [1.29, 1.82) is 5.26 Å². The highest BCUT2D eigenvalue weighted by atomic mass is 16.5. The van der Waals surface area contributed by atoms with Crippen LogP contribution in [0.5, 0.6) is 11.5 Å². The third kappa shape index (κ3) is 2.61. The van der Waals surface area contributed by atoms with E-state index in [9.17, 15) is 4.79 Å². The molecule has 0 aliphatic rings. The molecular weight excluding hydrogens is 246 g/mol. The van der Waals surface area contributed by atoms with E-state index < -0.39 is 5.97 Å². The average molecular weight is 255 g/mol. The maximum Gasteiger partial charge on any atom is 0.339 e. The Balaban J connectivity index is 2.44. The molecule has 0 unspecified atom stereocenters. The maximum absolute atomic E-state index is 11.1. The molecule has 6 heteroatoms. The van der Waals surface area contributed by atoms with Crippen LogP contribution in [-0.4, -0.2) is 16.1 Å². The lowest BCUT2D eigenvalue weighted by Crippen LogP contribution is -2.03. The van der Waals surface area contributed by atoms with Crippen molar-refractivity contribution in [2.75, 3.05) is 5.73 Å². The number of pyridine rings is 1. The minimum atomic E-state index is -1.18. The number of nitriles is 1. The van der Waals surface area contributed by atoms with Crippen molar-refractivity contribution in [1.82, 2.24) is 4.98 Å². The van der Waals surface area contributed by atoms with E-state index in [-0.39, 0.29) is 22.9 Å². The van der Waals surface area contributed by atoms with E-state index in [0.29, 0.717) is 5.56 Å². The lowest BCUT2D eigenvalue weighted by molar-refractivity contribution is 0.0694. The van der Waals surface area contributed by atoms with Crippen LogP contribution in [-0.2, 0) is 0 Å². The van der Waals surface area contributed by atoms with Gasteiger partial charge in [0.1, 0.15) is 23.2 Å². The van der Waals surface area contributed by atoms with Gasteiger partial charge in [0, 0.05) is 0 Å². The molecule has 19 heavy (non-hydrogen) atoms. The van der Waals surface area contributed by atoms with Gasteiger partial charge < -0.3 is 15.6 Å². The summed E-state index contributed by atoms with van der Waals surface area (Å²) in [4.78, 5) is 14.9. The summed E-state index contributed by atoms with van der Waals surface area (Å²) < 4.78 is 5.43. The van der Waals surface area contributed by atoms with Crippen LogP contribution in [0, 0.1) is 11.3 Å². The third-order valence-corrected chi connectivity index (χ3v) is 2.35. The summed E-state index contributed by atoms with van der Waals surface area (Å²) in [5.41, 5.74) is 5.62. The highest BCUT2D eigenvalue weighted by Crippen LogP contribution is 2.28. The van der Waals surface area contributed by atoms with Gasteiger partial charge in [0.2, 0.25) is 0 Å². The summed E-state index contributed by atoms with van der Waals surface area (Å²) in [6.45, 7) is 0. The molecular formula is C13H9N3O3. The number of ether oxygens (including phenoxy) is 1. The van der Waals surface area contributed by atoms with Crippen molar-refractivity contribution in [2.45, 2.75) is 0 Å². The Bertz CT molecular complexity index is 677. The standard InChI is InChI=1S/C13H9N3O3/c14-6-8-3-1-2-4-10(8)19-11-7-16-12(15)5-9(11)13(17)18/h1-5,7H,(H2,15,16)(H,17,18). The number of nitrogen functional groups attached to an aromatic ring is 1. The molecule has 2 aromatic rings. The molecule has 2 rings (SSSR count). The second-order valence-electron chi connectivity index (χ2n) is 3.62. The minimum absolute atomic E-state index is 0.0319. The van der Waals surface area contributed by atoms with E-state index in [4.69, 9.17) is 20.8 Å². The van der Waals surface area contributed by atoms with Crippen molar-refractivity contribution in [3.63, 3.8) is 0 Å². The second-order valence-corrected chi connectivity index (χ2v) is 3.62. The van der Waals surface area contributed by atoms with Gasteiger partial charge in [-0.05, 0) is 18.2 Å². The quantitative estimate of drug-likeness (QED) is 0.868. The number of anilines is 1. The van der Waals surface area contributed by atoms with Crippen LogP contribution in [0.3, 0.4) is 0 Å². The zero-order valence-corrected chi connectivity index (χ0v) is 9.70. The Morgan fingerprint density at radius 1 is 1.37 bits per heavy atom. The van der Waals surface area contributed by atoms with Gasteiger partial charge in [-0.15, -0.1) is 0 Å². The van der Waals surface area contributed by atoms with Crippen LogP contribution >= 0.6 is 0 Å². The summed E-state index contributed by atoms with van der Waals surface area (Å²) in [7, 11) is 0. The van der Waals surface area contributed by atoms with E-state index in [1.54, 1.807) is 24.3 Å².